The van der Waals surface area contributed by atoms with Gasteiger partial charge in [0.1, 0.15) is 0 Å². The first-order chi connectivity index (χ1) is 11.3. The topological polar surface area (TPSA) is 75.7 Å². The number of nitrogens with one attached hydrogen (secondary N) is 1. The Balaban J connectivity index is 1.85. The highest BCUT2D eigenvalue weighted by molar-refractivity contribution is 7.88. The smallest absolute Gasteiger partial charge is 0.235 e. The second-order valence-corrected chi connectivity index (χ2v) is 8.33. The van der Waals surface area contributed by atoms with Crippen molar-refractivity contribution < 1.29 is 17.9 Å². The predicted molar refractivity (Wildman–Crippen MR) is 93.6 cm³/mol. The maximum absolute atomic E-state index is 12.0. The van der Waals surface area contributed by atoms with Gasteiger partial charge in [-0.1, -0.05) is 23.7 Å². The molecule has 1 atom stereocenters. The van der Waals surface area contributed by atoms with Crippen molar-refractivity contribution in [3.8, 4) is 0 Å². The molecule has 8 heteroatoms. The van der Waals surface area contributed by atoms with Crippen LogP contribution in [0.2, 0.25) is 5.02 Å². The fraction of sp³-hybridized carbons (Fsp3) is 0.562. The van der Waals surface area contributed by atoms with E-state index in [-0.39, 0.29) is 25.1 Å². The number of halogens is 1. The molecule has 24 heavy (non-hydrogen) atoms. The average Bonchev–Trinajstić information content (AvgIpc) is 3.03. The Bertz CT molecular complexity index is 643. The molecule has 1 heterocycles. The van der Waals surface area contributed by atoms with Gasteiger partial charge in [-0.2, -0.15) is 4.31 Å². The number of hydrogen-bond acceptors (Lipinski definition) is 4. The van der Waals surface area contributed by atoms with Crippen molar-refractivity contribution in [2.75, 3.05) is 32.5 Å². The summed E-state index contributed by atoms with van der Waals surface area (Å²) in [6, 6.07) is 7.21. The van der Waals surface area contributed by atoms with Crippen molar-refractivity contribution in [2.45, 2.75) is 25.4 Å². The Morgan fingerprint density at radius 1 is 1.38 bits per heavy atom. The molecule has 1 fully saturated rings. The summed E-state index contributed by atoms with van der Waals surface area (Å²) in [6.45, 7) is 1.21. The summed E-state index contributed by atoms with van der Waals surface area (Å²) in [5.74, 6) is -0.313. The molecule has 1 saturated heterocycles. The summed E-state index contributed by atoms with van der Waals surface area (Å²) >= 11 is 5.83. The largest absolute Gasteiger partial charge is 0.376 e. The van der Waals surface area contributed by atoms with Crippen molar-refractivity contribution in [2.24, 2.45) is 0 Å². The van der Waals surface area contributed by atoms with Gasteiger partial charge in [-0.3, -0.25) is 4.79 Å². The van der Waals surface area contributed by atoms with E-state index in [2.05, 4.69) is 5.32 Å². The number of carbonyl (C=O) groups is 1. The summed E-state index contributed by atoms with van der Waals surface area (Å²) < 4.78 is 30.4. The minimum absolute atomic E-state index is 0.0368. The second-order valence-electron chi connectivity index (χ2n) is 5.91. The molecule has 1 N–H and O–H groups in total. The Morgan fingerprint density at radius 2 is 2.08 bits per heavy atom. The number of rotatable bonds is 8. The third-order valence-electron chi connectivity index (χ3n) is 3.90. The van der Waals surface area contributed by atoms with E-state index in [9.17, 15) is 13.2 Å². The van der Waals surface area contributed by atoms with Crippen molar-refractivity contribution in [1.29, 1.82) is 0 Å². The van der Waals surface area contributed by atoms with Crippen LogP contribution in [0.5, 0.6) is 0 Å². The lowest BCUT2D eigenvalue weighted by Crippen LogP contribution is -2.43. The first-order valence-corrected chi connectivity index (χ1v) is 10.1. The van der Waals surface area contributed by atoms with E-state index in [0.717, 1.165) is 31.3 Å². The predicted octanol–water partition coefficient (Wildman–Crippen LogP) is 1.44. The molecule has 1 aromatic carbocycles. The molecule has 0 aliphatic carbocycles. The summed E-state index contributed by atoms with van der Waals surface area (Å²) in [6.07, 6.45) is 3.59. The zero-order valence-corrected chi connectivity index (χ0v) is 15.3. The minimum Gasteiger partial charge on any atom is -0.376 e. The van der Waals surface area contributed by atoms with Gasteiger partial charge in [0.15, 0.2) is 0 Å². The van der Waals surface area contributed by atoms with Crippen LogP contribution in [0.1, 0.15) is 18.4 Å². The molecule has 0 bridgehead atoms. The summed E-state index contributed by atoms with van der Waals surface area (Å²) in [4.78, 5) is 12.0. The number of amides is 1. The Hall–Kier alpha value is -1.15. The van der Waals surface area contributed by atoms with Crippen LogP contribution in [-0.4, -0.2) is 57.2 Å². The molecule has 134 valence electrons. The average molecular weight is 375 g/mol. The molecule has 1 unspecified atom stereocenters. The molecule has 6 nitrogen and oxygen atoms in total. The van der Waals surface area contributed by atoms with E-state index < -0.39 is 10.0 Å². The van der Waals surface area contributed by atoms with Gasteiger partial charge < -0.3 is 10.1 Å². The molecule has 0 saturated carbocycles. The van der Waals surface area contributed by atoms with Crippen molar-refractivity contribution >= 4 is 27.5 Å². The fourth-order valence-corrected chi connectivity index (χ4v) is 3.42. The summed E-state index contributed by atoms with van der Waals surface area (Å²) in [7, 11) is -3.46. The van der Waals surface area contributed by atoms with Crippen molar-refractivity contribution in [1.82, 2.24) is 9.62 Å². The molecule has 2 rings (SSSR count). The van der Waals surface area contributed by atoms with E-state index in [0.29, 0.717) is 18.0 Å². The summed E-state index contributed by atoms with van der Waals surface area (Å²) in [5.41, 5.74) is 0.966. The van der Waals surface area contributed by atoms with Gasteiger partial charge in [-0.15, -0.1) is 0 Å². The SMILES string of the molecule is CS(=O)(=O)N(CCc1ccc(Cl)cc1)CC(=O)NCC1CCCO1. The molecule has 1 amide bonds. The van der Waals surface area contributed by atoms with Crippen LogP contribution < -0.4 is 5.32 Å². The molecular formula is C16H23ClN2O4S. The molecule has 0 aromatic heterocycles. The number of ether oxygens (including phenoxy) is 1. The molecule has 1 aromatic rings. The van der Waals surface area contributed by atoms with Gasteiger partial charge >= 0.3 is 0 Å². The van der Waals surface area contributed by atoms with Gasteiger partial charge in [0.2, 0.25) is 15.9 Å². The van der Waals surface area contributed by atoms with Crippen LogP contribution in [0.15, 0.2) is 24.3 Å². The van der Waals surface area contributed by atoms with E-state index in [1.165, 1.54) is 4.31 Å². The fourth-order valence-electron chi connectivity index (χ4n) is 2.52. The molecule has 1 aliphatic rings. The first-order valence-electron chi connectivity index (χ1n) is 7.92. The van der Waals surface area contributed by atoms with Crippen LogP contribution in [0.4, 0.5) is 0 Å². The number of nitrogens with zero attached hydrogens (tertiary/aromatic N) is 1. The second kappa shape index (κ2) is 8.80. The Kier molecular flexibility index (Phi) is 7.03. The van der Waals surface area contributed by atoms with Gasteiger partial charge in [-0.25, -0.2) is 8.42 Å². The van der Waals surface area contributed by atoms with E-state index in [4.69, 9.17) is 16.3 Å². The Morgan fingerprint density at radius 3 is 2.67 bits per heavy atom. The first kappa shape index (κ1) is 19.2. The maximum Gasteiger partial charge on any atom is 0.235 e. The zero-order chi connectivity index (χ0) is 17.6. The number of carbonyl (C=O) groups excluding carboxylic acids is 1. The van der Waals surface area contributed by atoms with Crippen LogP contribution in [-0.2, 0) is 26.0 Å². The maximum atomic E-state index is 12.0. The summed E-state index contributed by atoms with van der Waals surface area (Å²) in [5, 5.41) is 3.38. The highest BCUT2D eigenvalue weighted by Crippen LogP contribution is 2.12. The van der Waals surface area contributed by atoms with Crippen molar-refractivity contribution in [3.05, 3.63) is 34.9 Å². The quantitative estimate of drug-likeness (QED) is 0.747. The van der Waals surface area contributed by atoms with Crippen LogP contribution in [0.25, 0.3) is 0 Å². The van der Waals surface area contributed by atoms with Crippen LogP contribution >= 0.6 is 11.6 Å². The molecule has 1 aliphatic heterocycles. The lowest BCUT2D eigenvalue weighted by atomic mass is 10.1. The molecular weight excluding hydrogens is 352 g/mol. The van der Waals surface area contributed by atoms with Gasteiger partial charge in [0.05, 0.1) is 18.9 Å². The van der Waals surface area contributed by atoms with E-state index in [1.54, 1.807) is 12.1 Å². The standard InChI is InChI=1S/C16H23ClN2O4S/c1-24(21,22)19(9-8-13-4-6-14(17)7-5-13)12-16(20)18-11-15-3-2-10-23-15/h4-7,15H,2-3,8-12H2,1H3,(H,18,20). The molecule has 0 spiro atoms. The van der Waals surface area contributed by atoms with E-state index >= 15 is 0 Å². The number of sulfonamides is 1. The van der Waals surface area contributed by atoms with Crippen LogP contribution in [0.3, 0.4) is 0 Å². The Labute approximate surface area is 148 Å². The van der Waals surface area contributed by atoms with Crippen molar-refractivity contribution in [3.63, 3.8) is 0 Å². The van der Waals surface area contributed by atoms with Gasteiger partial charge in [0, 0.05) is 24.7 Å². The highest BCUT2D eigenvalue weighted by atomic mass is 35.5. The van der Waals surface area contributed by atoms with Crippen LogP contribution in [0, 0.1) is 0 Å². The van der Waals surface area contributed by atoms with E-state index in [1.807, 2.05) is 12.1 Å². The monoisotopic (exact) mass is 374 g/mol. The lowest BCUT2D eigenvalue weighted by molar-refractivity contribution is -0.121. The van der Waals surface area contributed by atoms with Gasteiger partial charge in [-0.05, 0) is 37.0 Å². The zero-order valence-electron chi connectivity index (χ0n) is 13.7. The third-order valence-corrected chi connectivity index (χ3v) is 5.40. The van der Waals surface area contributed by atoms with Gasteiger partial charge in [0.25, 0.3) is 0 Å². The normalized spacial score (nSPS) is 18.0. The molecule has 0 radical (unpaired) electrons. The number of hydrogen-bond donors (Lipinski definition) is 1. The highest BCUT2D eigenvalue weighted by Gasteiger charge is 2.21. The lowest BCUT2D eigenvalue weighted by Gasteiger charge is -2.20. The minimum atomic E-state index is -3.46. The number of benzene rings is 1. The third kappa shape index (κ3) is 6.39.